The first-order chi connectivity index (χ1) is 26.9. The minimum atomic E-state index is -1.62. The number of ether oxygens (including phenoxy) is 7. The topological polar surface area (TPSA) is 173 Å². The van der Waals surface area contributed by atoms with Gasteiger partial charge in [-0.25, -0.2) is 4.79 Å². The number of fused-ring (bicyclic) bond motifs is 1. The number of rotatable bonds is 13. The van der Waals surface area contributed by atoms with Crippen LogP contribution in [0.15, 0.2) is 66.7 Å². The summed E-state index contributed by atoms with van der Waals surface area (Å²) in [5.41, 5.74) is 1.56. The second kappa shape index (κ2) is 18.0. The van der Waals surface area contributed by atoms with E-state index in [2.05, 4.69) is 4.90 Å². The molecule has 1 N–H and O–H groups in total. The zero-order chi connectivity index (χ0) is 39.9. The van der Waals surface area contributed by atoms with Crippen molar-refractivity contribution in [3.05, 3.63) is 77.9 Å². The Morgan fingerprint density at radius 1 is 0.786 bits per heavy atom. The molecule has 0 spiro atoms. The number of phenolic OH excluding ortho intramolecular Hbond substituents is 1. The molecule has 2 fully saturated rings. The van der Waals surface area contributed by atoms with Gasteiger partial charge in [-0.05, 0) is 98.2 Å². The third kappa shape index (κ3) is 9.46. The Balaban J connectivity index is 1.26. The van der Waals surface area contributed by atoms with Crippen LogP contribution in [0.4, 0.5) is 0 Å². The standard InChI is InChI=1S/C41H43NO13S/c1-23(43)51-35-36(52-24(2)44)38(53-25(3)45)41(55-37(35)40(48)49-4)54-30-15-10-27(11-16-30)39-33(31-17-12-28(46)22-32(31)56-39)34(47)26-8-13-29(14-9-26)50-21-20-42-18-6-5-7-19-42/h8-17,22,35-38,41,46H,5-7,18-21H2,1-4H3/t35-,36-,37-,38+,41+/m0/s1. The Kier molecular flexibility index (Phi) is 12.9. The summed E-state index contributed by atoms with van der Waals surface area (Å²) in [5, 5.41) is 10.9. The van der Waals surface area contributed by atoms with E-state index in [1.165, 1.54) is 36.7 Å². The molecule has 2 aliphatic heterocycles. The summed E-state index contributed by atoms with van der Waals surface area (Å²) in [6, 6.07) is 18.5. The Labute approximate surface area is 327 Å². The van der Waals surface area contributed by atoms with Gasteiger partial charge in [-0.15, -0.1) is 11.3 Å². The van der Waals surface area contributed by atoms with E-state index in [0.717, 1.165) is 47.5 Å². The lowest BCUT2D eigenvalue weighted by Crippen LogP contribution is -2.64. The summed E-state index contributed by atoms with van der Waals surface area (Å²) in [7, 11) is 1.10. The van der Waals surface area contributed by atoms with Gasteiger partial charge in [0.15, 0.2) is 24.1 Å². The van der Waals surface area contributed by atoms with Crippen LogP contribution in [-0.4, -0.2) is 104 Å². The zero-order valence-electron chi connectivity index (χ0n) is 31.4. The molecule has 0 aliphatic carbocycles. The molecule has 4 aromatic rings. The van der Waals surface area contributed by atoms with Crippen LogP contribution < -0.4 is 9.47 Å². The number of nitrogens with zero attached hydrogens (tertiary/aromatic N) is 1. The predicted octanol–water partition coefficient (Wildman–Crippen LogP) is 5.44. The van der Waals surface area contributed by atoms with Crippen molar-refractivity contribution in [2.75, 3.05) is 33.4 Å². The van der Waals surface area contributed by atoms with Crippen molar-refractivity contribution in [2.24, 2.45) is 0 Å². The fourth-order valence-electron chi connectivity index (χ4n) is 6.83. The van der Waals surface area contributed by atoms with Gasteiger partial charge in [-0.2, -0.15) is 0 Å². The molecule has 2 aliphatic rings. The first-order valence-corrected chi connectivity index (χ1v) is 19.0. The number of likely N-dealkylation sites (tertiary alicyclic amines) is 1. The second-order valence-corrected chi connectivity index (χ2v) is 14.5. The van der Waals surface area contributed by atoms with E-state index in [1.54, 1.807) is 60.7 Å². The number of thiophene rings is 1. The molecule has 6 rings (SSSR count). The van der Waals surface area contributed by atoms with E-state index in [4.69, 9.17) is 33.2 Å². The highest BCUT2D eigenvalue weighted by atomic mass is 32.1. The van der Waals surface area contributed by atoms with Crippen LogP contribution in [-0.2, 0) is 42.9 Å². The molecule has 1 aromatic heterocycles. The number of phenols is 1. The minimum absolute atomic E-state index is 0.0576. The van der Waals surface area contributed by atoms with E-state index >= 15 is 0 Å². The fourth-order valence-corrected chi connectivity index (χ4v) is 8.07. The van der Waals surface area contributed by atoms with Crippen molar-refractivity contribution >= 4 is 51.1 Å². The highest BCUT2D eigenvalue weighted by Gasteiger charge is 2.55. The Bertz CT molecular complexity index is 2060. The van der Waals surface area contributed by atoms with E-state index in [9.17, 15) is 29.1 Å². The van der Waals surface area contributed by atoms with Gasteiger partial charge in [-0.3, -0.25) is 24.1 Å². The lowest BCUT2D eigenvalue weighted by molar-refractivity contribution is -0.282. The second-order valence-electron chi connectivity index (χ2n) is 13.4. The van der Waals surface area contributed by atoms with Crippen LogP contribution >= 0.6 is 11.3 Å². The average Bonchev–Trinajstić information content (AvgIpc) is 3.55. The maximum Gasteiger partial charge on any atom is 0.339 e. The van der Waals surface area contributed by atoms with Crippen molar-refractivity contribution in [2.45, 2.75) is 70.7 Å². The van der Waals surface area contributed by atoms with E-state index in [-0.39, 0.29) is 17.3 Å². The highest BCUT2D eigenvalue weighted by Crippen LogP contribution is 2.42. The molecule has 5 atom stereocenters. The van der Waals surface area contributed by atoms with Crippen LogP contribution in [0.5, 0.6) is 17.2 Å². The normalized spacial score (nSPS) is 21.1. The van der Waals surface area contributed by atoms with Crippen LogP contribution in [0.2, 0.25) is 0 Å². The number of hydrogen-bond acceptors (Lipinski definition) is 15. The number of piperidine rings is 1. The molecule has 2 saturated heterocycles. The maximum absolute atomic E-state index is 14.2. The number of carbonyl (C=O) groups excluding carboxylic acids is 5. The van der Waals surface area contributed by atoms with Gasteiger partial charge < -0.3 is 38.3 Å². The molecule has 15 heteroatoms. The van der Waals surface area contributed by atoms with Gasteiger partial charge >= 0.3 is 23.9 Å². The molecule has 0 radical (unpaired) electrons. The molecule has 56 heavy (non-hydrogen) atoms. The van der Waals surface area contributed by atoms with E-state index in [1.807, 2.05) is 0 Å². The lowest BCUT2D eigenvalue weighted by atomic mass is 9.97. The molecule has 14 nitrogen and oxygen atoms in total. The van der Waals surface area contributed by atoms with Crippen molar-refractivity contribution < 1.29 is 62.2 Å². The third-order valence-electron chi connectivity index (χ3n) is 9.35. The summed E-state index contributed by atoms with van der Waals surface area (Å²) < 4.78 is 39.7. The number of carbonyl (C=O) groups is 5. The summed E-state index contributed by atoms with van der Waals surface area (Å²) in [5.74, 6) is -2.68. The first kappa shape index (κ1) is 40.2. The molecule has 296 valence electrons. The third-order valence-corrected chi connectivity index (χ3v) is 10.5. The van der Waals surface area contributed by atoms with Crippen LogP contribution in [0.25, 0.3) is 20.5 Å². The summed E-state index contributed by atoms with van der Waals surface area (Å²) in [4.78, 5) is 66.5. The summed E-state index contributed by atoms with van der Waals surface area (Å²) in [6.07, 6.45) is -3.99. The van der Waals surface area contributed by atoms with Gasteiger partial charge in [-0.1, -0.05) is 6.42 Å². The predicted molar refractivity (Wildman–Crippen MR) is 203 cm³/mol. The number of benzene rings is 3. The Hall–Kier alpha value is -5.51. The van der Waals surface area contributed by atoms with E-state index in [0.29, 0.717) is 44.0 Å². The Morgan fingerprint density at radius 3 is 2.05 bits per heavy atom. The van der Waals surface area contributed by atoms with E-state index < -0.39 is 54.6 Å². The smallest absolute Gasteiger partial charge is 0.339 e. The van der Waals surface area contributed by atoms with Gasteiger partial charge in [0.25, 0.3) is 0 Å². The maximum atomic E-state index is 14.2. The van der Waals surface area contributed by atoms with Crippen molar-refractivity contribution in [1.29, 1.82) is 0 Å². The van der Waals surface area contributed by atoms with Gasteiger partial charge in [0, 0.05) is 53.4 Å². The number of methoxy groups -OCH3 is 1. The number of aromatic hydroxyl groups is 1. The zero-order valence-corrected chi connectivity index (χ0v) is 32.2. The molecular weight excluding hydrogens is 747 g/mol. The number of ketones is 1. The monoisotopic (exact) mass is 789 g/mol. The van der Waals surface area contributed by atoms with Gasteiger partial charge in [0.05, 0.1) is 7.11 Å². The van der Waals surface area contributed by atoms with Gasteiger partial charge in [0.1, 0.15) is 23.9 Å². The largest absolute Gasteiger partial charge is 0.508 e. The number of esters is 4. The average molecular weight is 790 g/mol. The first-order valence-electron chi connectivity index (χ1n) is 18.2. The van der Waals surface area contributed by atoms with Gasteiger partial charge in [0.2, 0.25) is 12.4 Å². The molecule has 3 aromatic carbocycles. The lowest BCUT2D eigenvalue weighted by Gasteiger charge is -2.43. The molecule has 3 heterocycles. The summed E-state index contributed by atoms with van der Waals surface area (Å²) in [6.45, 7) is 6.88. The Morgan fingerprint density at radius 2 is 1.41 bits per heavy atom. The SMILES string of the molecule is COC(=O)[C@H]1O[C@@H](Oc2ccc(-c3sc4cc(O)ccc4c3C(=O)c3ccc(OCCN4CCCCC4)cc3)cc2)[C@H](OC(C)=O)[C@@H](OC(C)=O)[C@@H]1OC(C)=O. The number of hydrogen-bond donors (Lipinski definition) is 1. The van der Waals surface area contributed by atoms with Crippen LogP contribution in [0.1, 0.15) is 56.0 Å². The quantitative estimate of drug-likeness (QED) is 0.103. The van der Waals surface area contributed by atoms with Crippen molar-refractivity contribution in [3.8, 4) is 27.7 Å². The minimum Gasteiger partial charge on any atom is -0.508 e. The highest BCUT2D eigenvalue weighted by molar-refractivity contribution is 7.22. The molecule has 0 saturated carbocycles. The van der Waals surface area contributed by atoms with Crippen LogP contribution in [0, 0.1) is 0 Å². The fraction of sp³-hybridized carbons (Fsp3) is 0.390. The van der Waals surface area contributed by atoms with Crippen molar-refractivity contribution in [1.82, 2.24) is 4.90 Å². The molecule has 0 unspecified atom stereocenters. The molecule has 0 amide bonds. The summed E-state index contributed by atoms with van der Waals surface area (Å²) >= 11 is 1.33. The molecule has 0 bridgehead atoms. The molecular formula is C41H43NO13S. The van der Waals surface area contributed by atoms with Crippen molar-refractivity contribution in [3.63, 3.8) is 0 Å². The van der Waals surface area contributed by atoms with Crippen LogP contribution in [0.3, 0.4) is 0 Å².